The van der Waals surface area contributed by atoms with Gasteiger partial charge in [-0.15, -0.1) is 0 Å². The zero-order chi connectivity index (χ0) is 7.40. The smallest absolute Gasteiger partial charge is 0.00509 e. The minimum Gasteiger partial charge on any atom is -0.412 e. The van der Waals surface area contributed by atoms with Crippen molar-refractivity contribution in [2.24, 2.45) is 5.73 Å². The molecular weight excluding hydrogens is 138 g/mol. The predicted octanol–water partition coefficient (Wildman–Crippen LogP) is 0.752. The second-order valence-electron chi connectivity index (χ2n) is 2.67. The van der Waals surface area contributed by atoms with Crippen LogP contribution in [-0.2, 0) is 6.42 Å². The van der Waals surface area contributed by atoms with E-state index >= 15 is 0 Å². The summed E-state index contributed by atoms with van der Waals surface area (Å²) in [6.45, 7) is 2.02. The van der Waals surface area contributed by atoms with Crippen molar-refractivity contribution in [1.82, 2.24) is 0 Å². The first-order chi connectivity index (χ1) is 4.79. The van der Waals surface area contributed by atoms with E-state index in [4.69, 9.17) is 5.73 Å². The summed E-state index contributed by atoms with van der Waals surface area (Å²) in [6, 6.07) is 10.6. The molecule has 0 amide bonds. The van der Waals surface area contributed by atoms with Crippen LogP contribution in [0.15, 0.2) is 30.3 Å². The molecule has 0 bridgehead atoms. The Morgan fingerprint density at radius 3 is 2.27 bits per heavy atom. The maximum Gasteiger partial charge on any atom is 0.00509 e. The fourth-order valence-corrected chi connectivity index (χ4v) is 0.986. The summed E-state index contributed by atoms with van der Waals surface area (Å²) in [5.41, 5.74) is 6.94. The van der Waals surface area contributed by atoms with Gasteiger partial charge in [0.1, 0.15) is 0 Å². The molecule has 2 heteroatoms. The van der Waals surface area contributed by atoms with Crippen molar-refractivity contribution < 1.29 is 5.48 Å². The molecule has 1 rings (SSSR count). The van der Waals surface area contributed by atoms with Crippen molar-refractivity contribution in [2.75, 3.05) is 0 Å². The molecule has 11 heavy (non-hydrogen) atoms. The van der Waals surface area contributed by atoms with Crippen molar-refractivity contribution in [3.05, 3.63) is 35.9 Å². The van der Waals surface area contributed by atoms with Crippen LogP contribution >= 0.6 is 0 Å². The van der Waals surface area contributed by atoms with Crippen LogP contribution in [0.4, 0.5) is 0 Å². The van der Waals surface area contributed by atoms with Crippen LogP contribution < -0.4 is 5.73 Å². The lowest BCUT2D eigenvalue weighted by molar-refractivity contribution is 0.738. The van der Waals surface area contributed by atoms with Gasteiger partial charge >= 0.3 is 0 Å². The van der Waals surface area contributed by atoms with Gasteiger partial charge in [-0.25, -0.2) is 0 Å². The maximum atomic E-state index is 5.62. The van der Waals surface area contributed by atoms with Crippen molar-refractivity contribution >= 4 is 0 Å². The molecule has 1 unspecified atom stereocenters. The molecule has 1 atom stereocenters. The molecule has 0 aromatic heterocycles. The molecular formula is C9H15NO. The van der Waals surface area contributed by atoms with Gasteiger partial charge in [0.2, 0.25) is 0 Å². The van der Waals surface area contributed by atoms with E-state index in [0.717, 1.165) is 6.42 Å². The molecule has 0 spiro atoms. The molecule has 0 saturated heterocycles. The standard InChI is InChI=1S/C9H13N.H2O/c1-8(10)7-9-5-3-2-4-6-9;/h2-6,8H,7,10H2,1H3;1H2. The monoisotopic (exact) mass is 153 g/mol. The van der Waals surface area contributed by atoms with Gasteiger partial charge in [0, 0.05) is 6.04 Å². The summed E-state index contributed by atoms with van der Waals surface area (Å²) in [4.78, 5) is 0. The van der Waals surface area contributed by atoms with Crippen molar-refractivity contribution in [2.45, 2.75) is 19.4 Å². The highest BCUT2D eigenvalue weighted by molar-refractivity contribution is 5.15. The predicted molar refractivity (Wildman–Crippen MR) is 47.4 cm³/mol. The van der Waals surface area contributed by atoms with Crippen LogP contribution in [0, 0.1) is 0 Å². The molecule has 1 aromatic rings. The fraction of sp³-hybridized carbons (Fsp3) is 0.333. The number of benzene rings is 1. The number of hydrogen-bond donors (Lipinski definition) is 1. The third-order valence-electron chi connectivity index (χ3n) is 1.40. The average molecular weight is 153 g/mol. The van der Waals surface area contributed by atoms with Crippen LogP contribution in [0.2, 0.25) is 0 Å². The lowest BCUT2D eigenvalue weighted by Gasteiger charge is -2.02. The molecule has 0 aliphatic heterocycles. The fourth-order valence-electron chi connectivity index (χ4n) is 0.986. The summed E-state index contributed by atoms with van der Waals surface area (Å²) in [6.07, 6.45) is 0.973. The van der Waals surface area contributed by atoms with E-state index in [9.17, 15) is 0 Å². The normalized spacial score (nSPS) is 11.8. The van der Waals surface area contributed by atoms with Crippen molar-refractivity contribution in [3.63, 3.8) is 0 Å². The van der Waals surface area contributed by atoms with E-state index in [1.807, 2.05) is 25.1 Å². The molecule has 0 radical (unpaired) electrons. The first-order valence-corrected chi connectivity index (χ1v) is 3.58. The zero-order valence-corrected chi connectivity index (χ0v) is 6.75. The first kappa shape index (κ1) is 10.1. The molecule has 0 heterocycles. The minimum absolute atomic E-state index is 0. The van der Waals surface area contributed by atoms with Gasteiger partial charge in [-0.3, -0.25) is 0 Å². The molecule has 62 valence electrons. The van der Waals surface area contributed by atoms with E-state index in [-0.39, 0.29) is 11.5 Å². The second-order valence-corrected chi connectivity index (χ2v) is 2.67. The molecule has 0 saturated carbocycles. The molecule has 0 fully saturated rings. The summed E-state index contributed by atoms with van der Waals surface area (Å²) < 4.78 is 0. The lowest BCUT2D eigenvalue weighted by Crippen LogP contribution is -2.17. The van der Waals surface area contributed by atoms with E-state index in [2.05, 4.69) is 12.1 Å². The average Bonchev–Trinajstić information content (AvgIpc) is 1.88. The second kappa shape index (κ2) is 4.88. The molecule has 1 aromatic carbocycles. The quantitative estimate of drug-likeness (QED) is 0.669. The van der Waals surface area contributed by atoms with Crippen molar-refractivity contribution in [1.29, 1.82) is 0 Å². The largest absolute Gasteiger partial charge is 0.412 e. The number of hydrogen-bond acceptors (Lipinski definition) is 1. The van der Waals surface area contributed by atoms with E-state index in [1.54, 1.807) is 0 Å². The Labute approximate surface area is 67.3 Å². The number of nitrogens with two attached hydrogens (primary N) is 1. The maximum absolute atomic E-state index is 5.62. The summed E-state index contributed by atoms with van der Waals surface area (Å²) in [7, 11) is 0. The van der Waals surface area contributed by atoms with Crippen LogP contribution in [0.5, 0.6) is 0 Å². The minimum atomic E-state index is 0. The highest BCUT2D eigenvalue weighted by atomic mass is 16.0. The van der Waals surface area contributed by atoms with E-state index in [0.29, 0.717) is 0 Å². The third kappa shape index (κ3) is 3.75. The van der Waals surface area contributed by atoms with E-state index in [1.165, 1.54) is 5.56 Å². The van der Waals surface area contributed by atoms with Crippen LogP contribution in [-0.4, -0.2) is 11.5 Å². The molecule has 0 aliphatic carbocycles. The summed E-state index contributed by atoms with van der Waals surface area (Å²) in [5.74, 6) is 0. The lowest BCUT2D eigenvalue weighted by atomic mass is 10.1. The Bertz CT molecular complexity index is 184. The molecule has 2 nitrogen and oxygen atoms in total. The van der Waals surface area contributed by atoms with E-state index < -0.39 is 0 Å². The highest BCUT2D eigenvalue weighted by Gasteiger charge is 1.94. The summed E-state index contributed by atoms with van der Waals surface area (Å²) in [5, 5.41) is 0. The Balaban J connectivity index is 0.000001000. The molecule has 0 aliphatic rings. The Morgan fingerprint density at radius 2 is 1.82 bits per heavy atom. The van der Waals surface area contributed by atoms with Crippen molar-refractivity contribution in [3.8, 4) is 0 Å². The van der Waals surface area contributed by atoms with Crippen LogP contribution in [0.25, 0.3) is 0 Å². The van der Waals surface area contributed by atoms with Gasteiger partial charge in [-0.2, -0.15) is 0 Å². The SMILES string of the molecule is CC(N)Cc1ccccc1.O. The van der Waals surface area contributed by atoms with Gasteiger partial charge in [0.15, 0.2) is 0 Å². The van der Waals surface area contributed by atoms with Gasteiger partial charge in [0.05, 0.1) is 0 Å². The number of rotatable bonds is 2. The highest BCUT2D eigenvalue weighted by Crippen LogP contribution is 2.00. The first-order valence-electron chi connectivity index (χ1n) is 3.58. The van der Waals surface area contributed by atoms with Crippen LogP contribution in [0.3, 0.4) is 0 Å². The van der Waals surface area contributed by atoms with Gasteiger partial charge in [-0.1, -0.05) is 30.3 Å². The summed E-state index contributed by atoms with van der Waals surface area (Å²) >= 11 is 0. The van der Waals surface area contributed by atoms with Gasteiger partial charge in [0.25, 0.3) is 0 Å². The topological polar surface area (TPSA) is 57.5 Å². The van der Waals surface area contributed by atoms with Crippen LogP contribution in [0.1, 0.15) is 12.5 Å². The third-order valence-corrected chi connectivity index (χ3v) is 1.40. The zero-order valence-electron chi connectivity index (χ0n) is 6.75. The van der Waals surface area contributed by atoms with Gasteiger partial charge < -0.3 is 11.2 Å². The van der Waals surface area contributed by atoms with Gasteiger partial charge in [-0.05, 0) is 18.9 Å². The Morgan fingerprint density at radius 1 is 1.27 bits per heavy atom. The molecule has 4 N–H and O–H groups in total. The Hall–Kier alpha value is -0.860. The Kier molecular flexibility index (Phi) is 4.50.